The minimum atomic E-state index is 0.165. The molecular formula is C21H31N3O2. The molecule has 1 unspecified atom stereocenters. The fourth-order valence-corrected chi connectivity index (χ4v) is 3.93. The van der Waals surface area contributed by atoms with Crippen LogP contribution in [0.1, 0.15) is 43.7 Å². The first-order valence-corrected chi connectivity index (χ1v) is 10.0. The average Bonchev–Trinajstić information content (AvgIpc) is 2.68. The molecule has 2 aliphatic rings. The number of unbranched alkanes of at least 4 members (excludes halogenated alkanes) is 1. The molecule has 0 spiro atoms. The highest BCUT2D eigenvalue weighted by molar-refractivity contribution is 5.80. The van der Waals surface area contributed by atoms with Crippen molar-refractivity contribution in [1.29, 1.82) is 0 Å². The van der Waals surface area contributed by atoms with Crippen LogP contribution in [0.5, 0.6) is 0 Å². The van der Waals surface area contributed by atoms with Gasteiger partial charge < -0.3 is 15.1 Å². The lowest BCUT2D eigenvalue weighted by atomic mass is 10.0. The maximum Gasteiger partial charge on any atom is 0.236 e. The lowest BCUT2D eigenvalue weighted by molar-refractivity contribution is -0.140. The van der Waals surface area contributed by atoms with Crippen molar-refractivity contribution in [3.05, 3.63) is 35.4 Å². The summed E-state index contributed by atoms with van der Waals surface area (Å²) in [4.78, 5) is 28.8. The fraction of sp³-hybridized carbons (Fsp3) is 0.619. The molecule has 26 heavy (non-hydrogen) atoms. The van der Waals surface area contributed by atoms with Gasteiger partial charge in [0.1, 0.15) is 0 Å². The minimum Gasteiger partial charge on any atom is -0.340 e. The number of carbonyl (C=O) groups is 2. The highest BCUT2D eigenvalue weighted by atomic mass is 16.2. The van der Waals surface area contributed by atoms with Crippen molar-refractivity contribution in [3.63, 3.8) is 0 Å². The summed E-state index contributed by atoms with van der Waals surface area (Å²) in [6.45, 7) is 5.72. The summed E-state index contributed by atoms with van der Waals surface area (Å²) in [7, 11) is 0. The summed E-state index contributed by atoms with van der Waals surface area (Å²) in [6, 6.07) is 8.65. The van der Waals surface area contributed by atoms with Crippen LogP contribution in [-0.4, -0.2) is 60.4 Å². The third-order valence-electron chi connectivity index (χ3n) is 5.51. The van der Waals surface area contributed by atoms with Gasteiger partial charge in [0, 0.05) is 32.2 Å². The van der Waals surface area contributed by atoms with Gasteiger partial charge in [-0.05, 0) is 36.8 Å². The van der Waals surface area contributed by atoms with Crippen molar-refractivity contribution in [2.45, 2.75) is 51.5 Å². The van der Waals surface area contributed by atoms with Crippen molar-refractivity contribution in [2.24, 2.45) is 0 Å². The van der Waals surface area contributed by atoms with Crippen LogP contribution < -0.4 is 5.32 Å². The Labute approximate surface area is 156 Å². The Balaban J connectivity index is 1.54. The first kappa shape index (κ1) is 18.9. The van der Waals surface area contributed by atoms with E-state index in [1.54, 1.807) is 0 Å². The number of aryl methyl sites for hydroxylation is 1. The highest BCUT2D eigenvalue weighted by Gasteiger charge is 2.31. The molecule has 5 nitrogen and oxygen atoms in total. The number of amides is 2. The van der Waals surface area contributed by atoms with Crippen LogP contribution >= 0.6 is 0 Å². The monoisotopic (exact) mass is 357 g/mol. The van der Waals surface area contributed by atoms with Crippen LogP contribution in [-0.2, 0) is 22.4 Å². The van der Waals surface area contributed by atoms with Gasteiger partial charge in [-0.15, -0.1) is 0 Å². The number of piperazine rings is 1. The molecule has 2 heterocycles. The number of hydrogen-bond acceptors (Lipinski definition) is 3. The Morgan fingerprint density at radius 2 is 1.96 bits per heavy atom. The summed E-state index contributed by atoms with van der Waals surface area (Å²) in [5.41, 5.74) is 2.42. The summed E-state index contributed by atoms with van der Waals surface area (Å²) in [5, 5.41) is 3.12. The van der Waals surface area contributed by atoms with Crippen molar-refractivity contribution in [3.8, 4) is 0 Å². The molecule has 1 aromatic rings. The van der Waals surface area contributed by atoms with Crippen molar-refractivity contribution in [1.82, 2.24) is 15.1 Å². The van der Waals surface area contributed by atoms with Crippen LogP contribution in [0.2, 0.25) is 0 Å². The number of rotatable bonds is 6. The van der Waals surface area contributed by atoms with Gasteiger partial charge in [-0.3, -0.25) is 9.59 Å². The molecule has 1 aromatic carbocycles. The zero-order valence-electron chi connectivity index (χ0n) is 15.9. The third kappa shape index (κ3) is 4.85. The molecule has 2 saturated heterocycles. The summed E-state index contributed by atoms with van der Waals surface area (Å²) < 4.78 is 0. The van der Waals surface area contributed by atoms with Gasteiger partial charge in [0.15, 0.2) is 0 Å². The quantitative estimate of drug-likeness (QED) is 0.847. The fourth-order valence-electron chi connectivity index (χ4n) is 3.93. The second-order valence-corrected chi connectivity index (χ2v) is 7.50. The maximum absolute atomic E-state index is 12.7. The normalized spacial score (nSPS) is 21.1. The van der Waals surface area contributed by atoms with Crippen LogP contribution in [0.15, 0.2) is 24.3 Å². The van der Waals surface area contributed by atoms with Crippen molar-refractivity contribution < 1.29 is 9.59 Å². The van der Waals surface area contributed by atoms with E-state index in [0.717, 1.165) is 44.5 Å². The van der Waals surface area contributed by atoms with Crippen molar-refractivity contribution in [2.75, 3.05) is 32.7 Å². The van der Waals surface area contributed by atoms with E-state index in [2.05, 4.69) is 36.5 Å². The predicted octanol–water partition coefficient (Wildman–Crippen LogP) is 1.99. The largest absolute Gasteiger partial charge is 0.340 e. The topological polar surface area (TPSA) is 52.7 Å². The maximum atomic E-state index is 12.7. The Morgan fingerprint density at radius 1 is 1.19 bits per heavy atom. The van der Waals surface area contributed by atoms with Gasteiger partial charge in [0.05, 0.1) is 13.0 Å². The molecule has 2 amide bonds. The van der Waals surface area contributed by atoms with Crippen molar-refractivity contribution >= 4 is 11.8 Å². The first-order valence-electron chi connectivity index (χ1n) is 10.0. The van der Waals surface area contributed by atoms with Gasteiger partial charge >= 0.3 is 0 Å². The number of hydrogen-bond donors (Lipinski definition) is 1. The molecule has 0 saturated carbocycles. The summed E-state index contributed by atoms with van der Waals surface area (Å²) in [6.07, 6.45) is 5.95. The molecule has 1 N–H and O–H groups in total. The second-order valence-electron chi connectivity index (χ2n) is 7.50. The lowest BCUT2D eigenvalue weighted by Crippen LogP contribution is -2.57. The molecule has 142 valence electrons. The Hall–Kier alpha value is -1.88. The Bertz CT molecular complexity index is 614. The molecule has 2 aliphatic heterocycles. The standard InChI is InChI=1S/C21H31N3O2/c1-2-3-5-17-7-9-18(10-8-17)14-20(25)23-12-4-6-19(16-23)24-13-11-22-15-21(24)26/h7-10,19,22H,2-6,11-16H2,1H3. The van der Waals surface area contributed by atoms with E-state index in [4.69, 9.17) is 0 Å². The van der Waals surface area contributed by atoms with Gasteiger partial charge in [0.2, 0.25) is 11.8 Å². The van der Waals surface area contributed by atoms with E-state index in [9.17, 15) is 9.59 Å². The van der Waals surface area contributed by atoms with Crippen LogP contribution in [0.25, 0.3) is 0 Å². The van der Waals surface area contributed by atoms with E-state index in [0.29, 0.717) is 19.5 Å². The lowest BCUT2D eigenvalue weighted by Gasteiger charge is -2.41. The smallest absolute Gasteiger partial charge is 0.236 e. The number of carbonyl (C=O) groups excluding carboxylic acids is 2. The van der Waals surface area contributed by atoms with Crippen LogP contribution in [0.4, 0.5) is 0 Å². The number of likely N-dealkylation sites (tertiary alicyclic amines) is 1. The molecule has 0 bridgehead atoms. The van der Waals surface area contributed by atoms with Gasteiger partial charge in [0.25, 0.3) is 0 Å². The first-order chi connectivity index (χ1) is 12.7. The van der Waals surface area contributed by atoms with Crippen LogP contribution in [0, 0.1) is 0 Å². The van der Waals surface area contributed by atoms with Gasteiger partial charge in [-0.1, -0.05) is 37.6 Å². The molecule has 0 radical (unpaired) electrons. The van der Waals surface area contributed by atoms with E-state index in [1.165, 1.54) is 18.4 Å². The minimum absolute atomic E-state index is 0.165. The molecule has 0 aliphatic carbocycles. The van der Waals surface area contributed by atoms with Gasteiger partial charge in [-0.25, -0.2) is 0 Å². The molecule has 2 fully saturated rings. The molecule has 3 rings (SSSR count). The number of nitrogens with zero attached hydrogens (tertiary/aromatic N) is 2. The molecular weight excluding hydrogens is 326 g/mol. The number of nitrogens with one attached hydrogen (secondary N) is 1. The Kier molecular flexibility index (Phi) is 6.67. The van der Waals surface area contributed by atoms with E-state index in [-0.39, 0.29) is 17.9 Å². The zero-order valence-corrected chi connectivity index (χ0v) is 15.9. The SMILES string of the molecule is CCCCc1ccc(CC(=O)N2CCCC(N3CCNCC3=O)C2)cc1. The van der Waals surface area contributed by atoms with E-state index in [1.807, 2.05) is 9.80 Å². The Morgan fingerprint density at radius 3 is 2.69 bits per heavy atom. The number of benzene rings is 1. The number of piperidine rings is 1. The third-order valence-corrected chi connectivity index (χ3v) is 5.51. The molecule has 0 aromatic heterocycles. The van der Waals surface area contributed by atoms with E-state index >= 15 is 0 Å². The highest BCUT2D eigenvalue weighted by Crippen LogP contribution is 2.18. The molecule has 1 atom stereocenters. The van der Waals surface area contributed by atoms with Crippen LogP contribution in [0.3, 0.4) is 0 Å². The van der Waals surface area contributed by atoms with Gasteiger partial charge in [-0.2, -0.15) is 0 Å². The average molecular weight is 357 g/mol. The van der Waals surface area contributed by atoms with E-state index < -0.39 is 0 Å². The summed E-state index contributed by atoms with van der Waals surface area (Å²) in [5.74, 6) is 0.344. The molecule has 5 heteroatoms. The second kappa shape index (κ2) is 9.17. The predicted molar refractivity (Wildman–Crippen MR) is 103 cm³/mol. The summed E-state index contributed by atoms with van der Waals surface area (Å²) >= 11 is 0. The zero-order chi connectivity index (χ0) is 18.4.